The summed E-state index contributed by atoms with van der Waals surface area (Å²) in [6, 6.07) is 14.7. The fourth-order valence-corrected chi connectivity index (χ4v) is 2.44. The van der Waals surface area contributed by atoms with E-state index >= 15 is 0 Å². The minimum atomic E-state index is -0.0772. The Morgan fingerprint density at radius 2 is 1.72 bits per heavy atom. The number of quaternary nitrogens is 1. The fraction of sp³-hybridized carbons (Fsp3) is 0.316. The first-order valence-corrected chi connectivity index (χ1v) is 8.67. The molecule has 1 unspecified atom stereocenters. The van der Waals surface area contributed by atoms with E-state index in [0.717, 1.165) is 16.4 Å². The van der Waals surface area contributed by atoms with Crippen LogP contribution in [0.3, 0.4) is 0 Å². The van der Waals surface area contributed by atoms with E-state index in [1.807, 2.05) is 50.4 Å². The van der Waals surface area contributed by atoms with E-state index in [1.54, 1.807) is 12.1 Å². The highest BCUT2D eigenvalue weighted by Crippen LogP contribution is 2.20. The van der Waals surface area contributed by atoms with Gasteiger partial charge < -0.3 is 19.7 Å². The minimum Gasteiger partial charge on any atom is -0.494 e. The molecule has 1 amide bonds. The Morgan fingerprint density at radius 1 is 1.08 bits per heavy atom. The van der Waals surface area contributed by atoms with Crippen molar-refractivity contribution >= 4 is 23.2 Å². The Morgan fingerprint density at radius 3 is 2.36 bits per heavy atom. The van der Waals surface area contributed by atoms with Gasteiger partial charge in [0.15, 0.2) is 6.54 Å². The average molecular weight is 364 g/mol. The third kappa shape index (κ3) is 6.64. The molecule has 0 aromatic heterocycles. The van der Waals surface area contributed by atoms with E-state index < -0.39 is 0 Å². The number of rotatable bonds is 9. The topological polar surface area (TPSA) is 52.0 Å². The second kappa shape index (κ2) is 9.91. The van der Waals surface area contributed by atoms with Crippen LogP contribution in [0.5, 0.6) is 11.5 Å². The molecule has 0 radical (unpaired) electrons. The van der Waals surface area contributed by atoms with Gasteiger partial charge in [-0.1, -0.05) is 23.7 Å². The number of hydrogen-bond acceptors (Lipinski definition) is 3. The van der Waals surface area contributed by atoms with Gasteiger partial charge in [0.05, 0.1) is 24.4 Å². The fourth-order valence-electron chi connectivity index (χ4n) is 2.26. The smallest absolute Gasteiger partial charge is 0.279 e. The van der Waals surface area contributed by atoms with Gasteiger partial charge in [-0.3, -0.25) is 4.79 Å². The van der Waals surface area contributed by atoms with E-state index in [2.05, 4.69) is 5.32 Å². The summed E-state index contributed by atoms with van der Waals surface area (Å²) in [6.45, 7) is 4.18. The third-order valence-electron chi connectivity index (χ3n) is 3.54. The van der Waals surface area contributed by atoms with Gasteiger partial charge in [0.1, 0.15) is 24.7 Å². The Kier molecular flexibility index (Phi) is 7.57. The maximum Gasteiger partial charge on any atom is 0.279 e. The maximum absolute atomic E-state index is 12.1. The van der Waals surface area contributed by atoms with Crippen LogP contribution in [0, 0.1) is 0 Å². The number of carbonyl (C=O) groups excluding carboxylic acids is 1. The second-order valence-corrected chi connectivity index (χ2v) is 6.07. The van der Waals surface area contributed by atoms with Crippen LogP contribution < -0.4 is 19.7 Å². The minimum absolute atomic E-state index is 0.0772. The molecule has 2 rings (SSSR count). The summed E-state index contributed by atoms with van der Waals surface area (Å²) in [5.74, 6) is 1.54. The van der Waals surface area contributed by atoms with Gasteiger partial charge in [0.25, 0.3) is 5.91 Å². The van der Waals surface area contributed by atoms with Crippen LogP contribution in [0.4, 0.5) is 5.69 Å². The highest BCUT2D eigenvalue weighted by molar-refractivity contribution is 6.33. The lowest BCUT2D eigenvalue weighted by molar-refractivity contribution is -0.871. The highest BCUT2D eigenvalue weighted by atomic mass is 35.5. The summed E-state index contributed by atoms with van der Waals surface area (Å²) in [4.78, 5) is 13.1. The largest absolute Gasteiger partial charge is 0.494 e. The number of halogens is 1. The summed E-state index contributed by atoms with van der Waals surface area (Å²) in [5, 5.41) is 3.36. The third-order valence-corrected chi connectivity index (χ3v) is 3.87. The first-order chi connectivity index (χ1) is 12.1. The molecule has 0 spiro atoms. The van der Waals surface area contributed by atoms with E-state index in [1.165, 1.54) is 0 Å². The van der Waals surface area contributed by atoms with Gasteiger partial charge in [0, 0.05) is 0 Å². The molecule has 25 heavy (non-hydrogen) atoms. The second-order valence-electron chi connectivity index (χ2n) is 5.66. The van der Waals surface area contributed by atoms with Crippen LogP contribution in [0.25, 0.3) is 0 Å². The molecule has 5 nitrogen and oxygen atoms in total. The van der Waals surface area contributed by atoms with Crippen LogP contribution in [-0.4, -0.2) is 39.3 Å². The van der Waals surface area contributed by atoms with E-state index in [-0.39, 0.29) is 5.91 Å². The number of likely N-dealkylation sites (N-methyl/N-ethyl adjacent to an activating group) is 1. The molecule has 0 saturated heterocycles. The van der Waals surface area contributed by atoms with Gasteiger partial charge >= 0.3 is 0 Å². The lowest BCUT2D eigenvalue weighted by Gasteiger charge is -2.15. The lowest BCUT2D eigenvalue weighted by Crippen LogP contribution is -3.10. The number of benzene rings is 2. The maximum atomic E-state index is 12.1. The van der Waals surface area contributed by atoms with Gasteiger partial charge in [0.2, 0.25) is 0 Å². The van der Waals surface area contributed by atoms with Crippen molar-refractivity contribution in [3.05, 3.63) is 53.6 Å². The standard InChI is InChI=1S/C19H23ClN2O3/c1-3-24-15-8-10-16(11-9-15)25-13-12-22(2)14-19(23)21-18-7-5-4-6-17(18)20/h4-11H,3,12-14H2,1-2H3,(H,21,23)/p+1. The van der Waals surface area contributed by atoms with Crippen LogP contribution >= 0.6 is 11.6 Å². The van der Waals surface area contributed by atoms with Crippen LogP contribution in [0.2, 0.25) is 5.02 Å². The summed E-state index contributed by atoms with van der Waals surface area (Å²) >= 11 is 6.04. The zero-order chi connectivity index (χ0) is 18.1. The molecule has 0 fully saturated rings. The average Bonchev–Trinajstić information content (AvgIpc) is 2.59. The number of amides is 1. The van der Waals surface area contributed by atoms with Gasteiger partial charge in [-0.15, -0.1) is 0 Å². The van der Waals surface area contributed by atoms with E-state index in [4.69, 9.17) is 21.1 Å². The Balaban J connectivity index is 1.70. The van der Waals surface area contributed by atoms with Crippen LogP contribution in [0.15, 0.2) is 48.5 Å². The molecule has 0 bridgehead atoms. The molecule has 0 aliphatic rings. The quantitative estimate of drug-likeness (QED) is 0.718. The monoisotopic (exact) mass is 363 g/mol. The number of ether oxygens (including phenoxy) is 2. The SMILES string of the molecule is CCOc1ccc(OCC[NH+](C)CC(=O)Nc2ccccc2Cl)cc1. The molecule has 0 aliphatic carbocycles. The van der Waals surface area contributed by atoms with Gasteiger partial charge in [-0.05, 0) is 43.3 Å². The predicted octanol–water partition coefficient (Wildman–Crippen LogP) is 2.27. The van der Waals surface area contributed by atoms with Gasteiger partial charge in [-0.2, -0.15) is 0 Å². The number of para-hydroxylation sites is 1. The molecule has 0 aliphatic heterocycles. The molecule has 2 aromatic rings. The molecule has 1 atom stereocenters. The number of nitrogens with one attached hydrogen (secondary N) is 2. The van der Waals surface area contributed by atoms with Crippen molar-refractivity contribution < 1.29 is 19.2 Å². The van der Waals surface area contributed by atoms with Crippen molar-refractivity contribution in [3.8, 4) is 11.5 Å². The van der Waals surface area contributed by atoms with Crippen molar-refractivity contribution in [1.82, 2.24) is 0 Å². The Hall–Kier alpha value is -2.24. The zero-order valence-electron chi connectivity index (χ0n) is 14.5. The molecule has 0 heterocycles. The number of hydrogen-bond donors (Lipinski definition) is 2. The van der Waals surface area contributed by atoms with Crippen molar-refractivity contribution in [3.63, 3.8) is 0 Å². The summed E-state index contributed by atoms with van der Waals surface area (Å²) in [6.07, 6.45) is 0. The molecular weight excluding hydrogens is 340 g/mol. The molecule has 6 heteroatoms. The summed E-state index contributed by atoms with van der Waals surface area (Å²) < 4.78 is 11.1. The predicted molar refractivity (Wildman–Crippen MR) is 99.8 cm³/mol. The van der Waals surface area contributed by atoms with Crippen molar-refractivity contribution in [2.24, 2.45) is 0 Å². The lowest BCUT2D eigenvalue weighted by atomic mass is 10.3. The Bertz CT molecular complexity index is 677. The first kappa shape index (κ1) is 19.1. The highest BCUT2D eigenvalue weighted by Gasteiger charge is 2.11. The van der Waals surface area contributed by atoms with Crippen molar-refractivity contribution in [1.29, 1.82) is 0 Å². The van der Waals surface area contributed by atoms with E-state index in [9.17, 15) is 4.79 Å². The molecule has 0 saturated carbocycles. The first-order valence-electron chi connectivity index (χ1n) is 8.30. The number of carbonyl (C=O) groups is 1. The molecule has 2 aromatic carbocycles. The van der Waals surface area contributed by atoms with E-state index in [0.29, 0.717) is 37.0 Å². The number of anilines is 1. The van der Waals surface area contributed by atoms with Crippen molar-refractivity contribution in [2.45, 2.75) is 6.92 Å². The zero-order valence-corrected chi connectivity index (χ0v) is 15.3. The summed E-state index contributed by atoms with van der Waals surface area (Å²) in [5.41, 5.74) is 0.632. The Labute approximate surface area is 153 Å². The van der Waals surface area contributed by atoms with Gasteiger partial charge in [-0.25, -0.2) is 0 Å². The molecule has 134 valence electrons. The summed E-state index contributed by atoms with van der Waals surface area (Å²) in [7, 11) is 1.95. The molecular formula is C19H24ClN2O3+. The normalized spacial score (nSPS) is 11.6. The van der Waals surface area contributed by atoms with Crippen LogP contribution in [0.1, 0.15) is 6.92 Å². The van der Waals surface area contributed by atoms with Crippen molar-refractivity contribution in [2.75, 3.05) is 38.7 Å². The molecule has 2 N–H and O–H groups in total. The van der Waals surface area contributed by atoms with Crippen LogP contribution in [-0.2, 0) is 4.79 Å².